The van der Waals surface area contributed by atoms with E-state index in [-0.39, 0.29) is 35.0 Å². The van der Waals surface area contributed by atoms with E-state index in [0.717, 1.165) is 17.4 Å². The van der Waals surface area contributed by atoms with Crippen LogP contribution in [0.4, 0.5) is 13.2 Å². The topological polar surface area (TPSA) is 68.5 Å². The molecule has 1 fully saturated rings. The molecule has 9 heteroatoms. The third kappa shape index (κ3) is 4.35. The molecular weight excluding hydrogens is 411 g/mol. The number of hydrogen-bond donors (Lipinski definition) is 0. The van der Waals surface area contributed by atoms with Gasteiger partial charge in [-0.1, -0.05) is 17.3 Å². The van der Waals surface area contributed by atoms with Crippen LogP contribution in [-0.4, -0.2) is 41.1 Å². The molecule has 0 radical (unpaired) electrons. The molecule has 0 saturated carbocycles. The Bertz CT molecular complexity index is 1090. The number of carbonyl (C=O) groups excluding carboxylic acids is 1. The first-order chi connectivity index (χ1) is 14.8. The van der Waals surface area contributed by atoms with Gasteiger partial charge in [-0.05, 0) is 43.5 Å². The summed E-state index contributed by atoms with van der Waals surface area (Å²) in [5.41, 5.74) is 0.513. The Morgan fingerprint density at radius 3 is 2.52 bits per heavy atom. The summed E-state index contributed by atoms with van der Waals surface area (Å²) in [5.74, 6) is 0.538. The predicted octanol–water partition coefficient (Wildman–Crippen LogP) is 4.51. The normalized spacial score (nSPS) is 15.5. The molecule has 1 aromatic carbocycles. The van der Waals surface area contributed by atoms with Gasteiger partial charge in [-0.3, -0.25) is 4.79 Å². The molecule has 1 saturated heterocycles. The van der Waals surface area contributed by atoms with E-state index in [9.17, 15) is 18.0 Å². The Morgan fingerprint density at radius 1 is 1.23 bits per heavy atom. The van der Waals surface area contributed by atoms with Crippen molar-refractivity contribution in [1.29, 1.82) is 0 Å². The molecule has 2 aromatic heterocycles. The van der Waals surface area contributed by atoms with Gasteiger partial charge in [0.25, 0.3) is 5.71 Å². The van der Waals surface area contributed by atoms with E-state index < -0.39 is 11.7 Å². The van der Waals surface area contributed by atoms with Crippen LogP contribution in [0.5, 0.6) is 5.75 Å². The molecule has 1 aliphatic heterocycles. The molecule has 6 nitrogen and oxygen atoms in total. The smallest absolute Gasteiger partial charge is 0.417 e. The summed E-state index contributed by atoms with van der Waals surface area (Å²) < 4.78 is 50.9. The van der Waals surface area contributed by atoms with Crippen molar-refractivity contribution in [2.45, 2.75) is 38.3 Å². The van der Waals surface area contributed by atoms with Crippen LogP contribution in [0.25, 0.3) is 11.1 Å². The van der Waals surface area contributed by atoms with E-state index in [4.69, 9.17) is 9.26 Å². The number of aryl methyl sites for hydroxylation is 1. The minimum atomic E-state index is -4.53. The van der Waals surface area contributed by atoms with Crippen LogP contribution in [0.1, 0.15) is 41.3 Å². The fourth-order valence-electron chi connectivity index (χ4n) is 4.00. The average molecular weight is 433 g/mol. The van der Waals surface area contributed by atoms with Crippen molar-refractivity contribution in [3.63, 3.8) is 0 Å². The van der Waals surface area contributed by atoms with Crippen molar-refractivity contribution in [2.24, 2.45) is 0 Å². The van der Waals surface area contributed by atoms with Crippen LogP contribution < -0.4 is 4.74 Å². The number of piperidine rings is 1. The summed E-state index contributed by atoms with van der Waals surface area (Å²) in [4.78, 5) is 18.7. The predicted molar refractivity (Wildman–Crippen MR) is 107 cm³/mol. The van der Waals surface area contributed by atoms with Crippen LogP contribution in [0.15, 0.2) is 34.9 Å². The summed E-state index contributed by atoms with van der Waals surface area (Å²) in [6, 6.07) is 8.41. The van der Waals surface area contributed by atoms with E-state index in [1.54, 1.807) is 24.1 Å². The first-order valence-electron chi connectivity index (χ1n) is 10.0. The standard InChI is InChI=1S/C22H22F3N3O3/c1-13-20-17(22(23,24)25)12-18(26-21(20)31-27-13)15-7-9-28(10-8-15)19(29)11-14-3-5-16(30-2)6-4-14/h3-6,12,15H,7-11H2,1-2H3. The lowest BCUT2D eigenvalue weighted by Crippen LogP contribution is -2.39. The van der Waals surface area contributed by atoms with Gasteiger partial charge < -0.3 is 14.2 Å². The Morgan fingerprint density at radius 2 is 1.90 bits per heavy atom. The number of ether oxygens (including phenoxy) is 1. The second-order valence-electron chi connectivity index (χ2n) is 7.72. The van der Waals surface area contributed by atoms with E-state index in [1.165, 1.54) is 6.92 Å². The van der Waals surface area contributed by atoms with Crippen molar-refractivity contribution < 1.29 is 27.2 Å². The van der Waals surface area contributed by atoms with Gasteiger partial charge in [0.05, 0.1) is 30.2 Å². The Kier molecular flexibility index (Phi) is 5.60. The van der Waals surface area contributed by atoms with Crippen molar-refractivity contribution in [3.8, 4) is 5.75 Å². The summed E-state index contributed by atoms with van der Waals surface area (Å²) in [5, 5.41) is 3.55. The van der Waals surface area contributed by atoms with Gasteiger partial charge in [-0.15, -0.1) is 0 Å². The zero-order valence-electron chi connectivity index (χ0n) is 17.2. The molecular formula is C22H22F3N3O3. The zero-order valence-corrected chi connectivity index (χ0v) is 17.2. The maximum absolute atomic E-state index is 13.6. The van der Waals surface area contributed by atoms with E-state index in [0.29, 0.717) is 31.6 Å². The fourth-order valence-corrected chi connectivity index (χ4v) is 4.00. The molecule has 164 valence electrons. The molecule has 0 spiro atoms. The molecule has 31 heavy (non-hydrogen) atoms. The number of likely N-dealkylation sites (tertiary alicyclic amines) is 1. The first-order valence-corrected chi connectivity index (χ1v) is 10.0. The molecule has 4 rings (SSSR count). The number of pyridine rings is 1. The summed E-state index contributed by atoms with van der Waals surface area (Å²) in [6.45, 7) is 2.40. The van der Waals surface area contributed by atoms with Crippen molar-refractivity contribution in [2.75, 3.05) is 20.2 Å². The van der Waals surface area contributed by atoms with Gasteiger partial charge in [0.15, 0.2) is 0 Å². The second-order valence-corrected chi connectivity index (χ2v) is 7.72. The largest absolute Gasteiger partial charge is 0.497 e. The molecule has 3 aromatic rings. The minimum Gasteiger partial charge on any atom is -0.497 e. The van der Waals surface area contributed by atoms with Gasteiger partial charge >= 0.3 is 6.18 Å². The van der Waals surface area contributed by atoms with Crippen LogP contribution in [-0.2, 0) is 17.4 Å². The monoisotopic (exact) mass is 433 g/mol. The lowest BCUT2D eigenvalue weighted by molar-refractivity contribution is -0.136. The Labute approximate surface area is 177 Å². The van der Waals surface area contributed by atoms with E-state index >= 15 is 0 Å². The summed E-state index contributed by atoms with van der Waals surface area (Å²) in [7, 11) is 1.58. The number of amides is 1. The summed E-state index contributed by atoms with van der Waals surface area (Å²) >= 11 is 0. The molecule has 0 unspecified atom stereocenters. The molecule has 1 amide bonds. The number of fused-ring (bicyclic) bond motifs is 1. The fraction of sp³-hybridized carbons (Fsp3) is 0.409. The maximum Gasteiger partial charge on any atom is 0.417 e. The molecule has 0 bridgehead atoms. The number of rotatable bonds is 4. The average Bonchev–Trinajstić information content (AvgIpc) is 3.14. The minimum absolute atomic E-state index is 0.00568. The highest BCUT2D eigenvalue weighted by Crippen LogP contribution is 2.38. The van der Waals surface area contributed by atoms with Gasteiger partial charge in [-0.2, -0.15) is 13.2 Å². The number of benzene rings is 1. The molecule has 1 aliphatic rings. The number of carbonyl (C=O) groups is 1. The Hall–Kier alpha value is -3.10. The van der Waals surface area contributed by atoms with Crippen molar-refractivity contribution >= 4 is 17.0 Å². The quantitative estimate of drug-likeness (QED) is 0.606. The van der Waals surface area contributed by atoms with Crippen LogP contribution in [0, 0.1) is 6.92 Å². The number of alkyl halides is 3. The highest BCUT2D eigenvalue weighted by atomic mass is 19.4. The number of halogens is 3. The van der Waals surface area contributed by atoms with Crippen LogP contribution in [0.3, 0.4) is 0 Å². The van der Waals surface area contributed by atoms with E-state index in [2.05, 4.69) is 10.1 Å². The third-order valence-electron chi connectivity index (χ3n) is 5.72. The zero-order chi connectivity index (χ0) is 22.2. The van der Waals surface area contributed by atoms with Crippen molar-refractivity contribution in [3.05, 3.63) is 52.8 Å². The second kappa shape index (κ2) is 8.20. The number of methoxy groups -OCH3 is 1. The van der Waals surface area contributed by atoms with Gasteiger partial charge in [0.2, 0.25) is 5.91 Å². The first kappa shape index (κ1) is 21.1. The third-order valence-corrected chi connectivity index (χ3v) is 5.72. The Balaban J connectivity index is 1.46. The number of aromatic nitrogens is 2. The highest BCUT2D eigenvalue weighted by Gasteiger charge is 2.37. The van der Waals surface area contributed by atoms with Crippen molar-refractivity contribution in [1.82, 2.24) is 15.0 Å². The molecule has 0 aliphatic carbocycles. The summed E-state index contributed by atoms with van der Waals surface area (Å²) in [6.07, 6.45) is -3.18. The van der Waals surface area contributed by atoms with E-state index in [1.807, 2.05) is 12.1 Å². The molecule has 0 atom stereocenters. The lowest BCUT2D eigenvalue weighted by atomic mass is 9.91. The van der Waals surface area contributed by atoms with Crippen LogP contribution >= 0.6 is 0 Å². The SMILES string of the molecule is COc1ccc(CC(=O)N2CCC(c3cc(C(F)(F)F)c4c(C)noc4n3)CC2)cc1. The maximum atomic E-state index is 13.6. The van der Waals surface area contributed by atoms with Gasteiger partial charge in [0.1, 0.15) is 5.75 Å². The number of hydrogen-bond acceptors (Lipinski definition) is 5. The van der Waals surface area contributed by atoms with Gasteiger partial charge in [0, 0.05) is 24.7 Å². The highest BCUT2D eigenvalue weighted by molar-refractivity contribution is 5.81. The van der Waals surface area contributed by atoms with Gasteiger partial charge in [-0.25, -0.2) is 4.98 Å². The molecule has 0 N–H and O–H groups in total. The molecule has 3 heterocycles. The van der Waals surface area contributed by atoms with Crippen LogP contribution in [0.2, 0.25) is 0 Å². The lowest BCUT2D eigenvalue weighted by Gasteiger charge is -2.32. The number of nitrogens with zero attached hydrogens (tertiary/aromatic N) is 3.